The minimum atomic E-state index is -0.378. The molecular weight excluding hydrogens is 380 g/mol. The van der Waals surface area contributed by atoms with E-state index in [2.05, 4.69) is 5.32 Å². The summed E-state index contributed by atoms with van der Waals surface area (Å²) in [6, 6.07) is 10.5. The van der Waals surface area contributed by atoms with Gasteiger partial charge >= 0.3 is 0 Å². The van der Waals surface area contributed by atoms with Crippen molar-refractivity contribution in [2.75, 3.05) is 26.1 Å². The second kappa shape index (κ2) is 7.94. The highest BCUT2D eigenvalue weighted by atomic mass is 35.5. The number of likely N-dealkylation sites (N-methyl/N-ethyl adjacent to an activating group) is 1. The van der Waals surface area contributed by atoms with Gasteiger partial charge in [0.25, 0.3) is 11.8 Å². The van der Waals surface area contributed by atoms with Gasteiger partial charge in [0.15, 0.2) is 11.5 Å². The number of hydrogen-bond acceptors (Lipinski definition) is 5. The fourth-order valence-corrected chi connectivity index (χ4v) is 3.27. The van der Waals surface area contributed by atoms with Crippen LogP contribution in [0.25, 0.3) is 5.57 Å². The quantitative estimate of drug-likeness (QED) is 0.745. The van der Waals surface area contributed by atoms with Crippen molar-refractivity contribution in [2.24, 2.45) is 0 Å². The van der Waals surface area contributed by atoms with Gasteiger partial charge in [0, 0.05) is 17.3 Å². The van der Waals surface area contributed by atoms with Gasteiger partial charge in [0.05, 0.1) is 19.8 Å². The summed E-state index contributed by atoms with van der Waals surface area (Å²) in [7, 11) is 3.05. The first kappa shape index (κ1) is 19.8. The third-order valence-corrected chi connectivity index (χ3v) is 4.85. The number of carbonyl (C=O) groups is 2. The van der Waals surface area contributed by atoms with E-state index >= 15 is 0 Å². The molecular formula is C21H21ClN2O4. The number of amides is 2. The first-order valence-corrected chi connectivity index (χ1v) is 9.15. The summed E-state index contributed by atoms with van der Waals surface area (Å²) < 4.78 is 10.6. The van der Waals surface area contributed by atoms with Crippen molar-refractivity contribution in [1.29, 1.82) is 0 Å². The normalized spacial score (nSPS) is 14.0. The monoisotopic (exact) mass is 400 g/mol. The van der Waals surface area contributed by atoms with Crippen molar-refractivity contribution in [3.63, 3.8) is 0 Å². The molecule has 28 heavy (non-hydrogen) atoms. The van der Waals surface area contributed by atoms with Crippen molar-refractivity contribution in [2.45, 2.75) is 13.8 Å². The van der Waals surface area contributed by atoms with Gasteiger partial charge in [-0.3, -0.25) is 14.5 Å². The van der Waals surface area contributed by atoms with E-state index in [1.165, 1.54) is 19.1 Å². The Kier molecular flexibility index (Phi) is 5.61. The predicted octanol–water partition coefficient (Wildman–Crippen LogP) is 3.88. The molecule has 0 aromatic heterocycles. The van der Waals surface area contributed by atoms with Gasteiger partial charge in [-0.05, 0) is 49.2 Å². The van der Waals surface area contributed by atoms with Gasteiger partial charge in [-0.2, -0.15) is 0 Å². The number of anilines is 1. The van der Waals surface area contributed by atoms with Gasteiger partial charge in [0.2, 0.25) is 0 Å². The number of nitrogens with zero attached hydrogens (tertiary/aromatic N) is 1. The first-order valence-electron chi connectivity index (χ1n) is 8.77. The highest BCUT2D eigenvalue weighted by Crippen LogP contribution is 2.36. The second-order valence-electron chi connectivity index (χ2n) is 6.26. The molecule has 3 rings (SSSR count). The fraction of sp³-hybridized carbons (Fsp3) is 0.238. The number of benzene rings is 2. The van der Waals surface area contributed by atoms with Crippen LogP contribution in [0.15, 0.2) is 42.1 Å². The van der Waals surface area contributed by atoms with Gasteiger partial charge in [0.1, 0.15) is 5.70 Å². The van der Waals surface area contributed by atoms with Gasteiger partial charge in [-0.1, -0.05) is 23.7 Å². The van der Waals surface area contributed by atoms with Crippen molar-refractivity contribution < 1.29 is 19.1 Å². The molecule has 0 saturated heterocycles. The van der Waals surface area contributed by atoms with Crippen molar-refractivity contribution in [3.05, 3.63) is 58.2 Å². The van der Waals surface area contributed by atoms with E-state index < -0.39 is 0 Å². The molecule has 0 fully saturated rings. The molecule has 1 aliphatic rings. The van der Waals surface area contributed by atoms with Crippen LogP contribution in [-0.4, -0.2) is 37.5 Å². The SMILES string of the molecule is CCN1C(=O)C(Nc2cc(Cl)ccc2C)=C(c2ccc(OC)c(OC)c2)C1=O. The molecule has 2 aromatic rings. The molecule has 0 atom stereocenters. The zero-order chi connectivity index (χ0) is 20.4. The number of methoxy groups -OCH3 is 2. The Labute approximate surface area is 168 Å². The molecule has 7 heteroatoms. The van der Waals surface area contributed by atoms with Crippen LogP contribution in [0.1, 0.15) is 18.1 Å². The van der Waals surface area contributed by atoms with Crippen molar-refractivity contribution in [3.8, 4) is 11.5 Å². The summed E-state index contributed by atoms with van der Waals surface area (Å²) in [5.41, 5.74) is 2.63. The van der Waals surface area contributed by atoms with Crippen molar-refractivity contribution >= 4 is 34.7 Å². The average Bonchev–Trinajstić information content (AvgIpc) is 2.93. The lowest BCUT2D eigenvalue weighted by molar-refractivity contribution is -0.136. The summed E-state index contributed by atoms with van der Waals surface area (Å²) >= 11 is 6.10. The molecule has 2 amide bonds. The smallest absolute Gasteiger partial charge is 0.278 e. The molecule has 6 nitrogen and oxygen atoms in total. The summed E-state index contributed by atoms with van der Waals surface area (Å²) in [5, 5.41) is 3.65. The minimum absolute atomic E-state index is 0.212. The van der Waals surface area contributed by atoms with Crippen LogP contribution >= 0.6 is 11.6 Å². The Bertz CT molecular complexity index is 984. The van der Waals surface area contributed by atoms with Crippen LogP contribution in [0.3, 0.4) is 0 Å². The average molecular weight is 401 g/mol. The molecule has 0 spiro atoms. The highest BCUT2D eigenvalue weighted by Gasteiger charge is 2.38. The first-order chi connectivity index (χ1) is 13.4. The third-order valence-electron chi connectivity index (χ3n) is 4.62. The van der Waals surface area contributed by atoms with E-state index in [1.807, 2.05) is 13.0 Å². The van der Waals surface area contributed by atoms with Crippen LogP contribution in [0.4, 0.5) is 5.69 Å². The Morgan fingerprint density at radius 3 is 2.36 bits per heavy atom. The van der Waals surface area contributed by atoms with Gasteiger partial charge in [-0.15, -0.1) is 0 Å². The summed E-state index contributed by atoms with van der Waals surface area (Å²) in [5.74, 6) is 0.274. The second-order valence-corrected chi connectivity index (χ2v) is 6.70. The van der Waals surface area contributed by atoms with E-state index in [9.17, 15) is 9.59 Å². The predicted molar refractivity (Wildman–Crippen MR) is 109 cm³/mol. The Morgan fingerprint density at radius 2 is 1.71 bits per heavy atom. The van der Waals surface area contributed by atoms with Crippen LogP contribution in [0.5, 0.6) is 11.5 Å². The molecule has 2 aromatic carbocycles. The maximum absolute atomic E-state index is 13.0. The number of carbonyl (C=O) groups excluding carboxylic acids is 2. The van der Waals surface area contributed by atoms with E-state index in [4.69, 9.17) is 21.1 Å². The van der Waals surface area contributed by atoms with E-state index in [1.54, 1.807) is 37.3 Å². The highest BCUT2D eigenvalue weighted by molar-refractivity contribution is 6.36. The van der Waals surface area contributed by atoms with Crippen LogP contribution in [0, 0.1) is 6.92 Å². The molecule has 1 heterocycles. The number of imide groups is 1. The molecule has 0 unspecified atom stereocenters. The Hall–Kier alpha value is -2.99. The van der Waals surface area contributed by atoms with Crippen LogP contribution in [0.2, 0.25) is 5.02 Å². The zero-order valence-electron chi connectivity index (χ0n) is 16.1. The molecule has 0 radical (unpaired) electrons. The maximum atomic E-state index is 13.0. The number of aryl methyl sites for hydroxylation is 1. The summed E-state index contributed by atoms with van der Waals surface area (Å²) in [6.45, 7) is 3.93. The number of nitrogens with one attached hydrogen (secondary N) is 1. The lowest BCUT2D eigenvalue weighted by Gasteiger charge is -2.13. The number of hydrogen-bond donors (Lipinski definition) is 1. The Balaban J connectivity index is 2.15. The summed E-state index contributed by atoms with van der Waals surface area (Å²) in [4.78, 5) is 27.1. The number of ether oxygens (including phenoxy) is 2. The molecule has 146 valence electrons. The largest absolute Gasteiger partial charge is 0.493 e. The lowest BCUT2D eigenvalue weighted by Crippen LogP contribution is -2.32. The molecule has 1 N–H and O–H groups in total. The summed E-state index contributed by atoms with van der Waals surface area (Å²) in [6.07, 6.45) is 0. The van der Waals surface area contributed by atoms with Crippen LogP contribution < -0.4 is 14.8 Å². The van der Waals surface area contributed by atoms with Crippen molar-refractivity contribution in [1.82, 2.24) is 4.90 Å². The zero-order valence-corrected chi connectivity index (χ0v) is 16.9. The molecule has 0 saturated carbocycles. The standard InChI is InChI=1S/C21H21ClN2O4/c1-5-24-20(25)18(13-7-9-16(27-3)17(10-13)28-4)19(21(24)26)23-15-11-14(22)8-6-12(15)2/h6-11,23H,5H2,1-4H3. The minimum Gasteiger partial charge on any atom is -0.493 e. The molecule has 1 aliphatic heterocycles. The van der Waals surface area contributed by atoms with Crippen LogP contribution in [-0.2, 0) is 9.59 Å². The topological polar surface area (TPSA) is 67.9 Å². The van der Waals surface area contributed by atoms with E-state index in [0.29, 0.717) is 27.8 Å². The number of halogens is 1. The molecule has 0 bridgehead atoms. The Morgan fingerprint density at radius 1 is 1.00 bits per heavy atom. The van der Waals surface area contributed by atoms with E-state index in [0.717, 1.165) is 5.56 Å². The van der Waals surface area contributed by atoms with E-state index in [-0.39, 0.29) is 29.6 Å². The maximum Gasteiger partial charge on any atom is 0.278 e. The lowest BCUT2D eigenvalue weighted by atomic mass is 10.0. The molecule has 0 aliphatic carbocycles. The van der Waals surface area contributed by atoms with Gasteiger partial charge in [-0.25, -0.2) is 0 Å². The third kappa shape index (κ3) is 3.43. The number of rotatable bonds is 6. The van der Waals surface area contributed by atoms with Gasteiger partial charge < -0.3 is 14.8 Å². The fourth-order valence-electron chi connectivity index (χ4n) is 3.10.